The van der Waals surface area contributed by atoms with E-state index in [0.29, 0.717) is 12.3 Å². The summed E-state index contributed by atoms with van der Waals surface area (Å²) >= 11 is 0. The summed E-state index contributed by atoms with van der Waals surface area (Å²) in [5, 5.41) is 0. The predicted molar refractivity (Wildman–Crippen MR) is 69.6 cm³/mol. The highest BCUT2D eigenvalue weighted by Crippen LogP contribution is 2.46. The van der Waals surface area contributed by atoms with Crippen LogP contribution in [0, 0.1) is 17.3 Å². The average molecular weight is 234 g/mol. The second-order valence-corrected chi connectivity index (χ2v) is 5.55. The lowest BCUT2D eigenvalue weighted by Gasteiger charge is -2.43. The second kappa shape index (κ2) is 5.44. The molecule has 0 saturated carbocycles. The Bertz CT molecular complexity index is 361. The summed E-state index contributed by atoms with van der Waals surface area (Å²) in [6.45, 7) is 8.04. The first kappa shape index (κ1) is 13.9. The maximum Gasteiger partial charge on any atom is 0.152 e. The Kier molecular flexibility index (Phi) is 4.44. The molecule has 1 rings (SSSR count). The van der Waals surface area contributed by atoms with Gasteiger partial charge in [0.1, 0.15) is 6.29 Å². The average Bonchev–Trinajstić information content (AvgIpc) is 2.21. The molecule has 0 aliphatic heterocycles. The molecule has 0 fully saturated rings. The van der Waals surface area contributed by atoms with E-state index >= 15 is 0 Å². The third-order valence-corrected chi connectivity index (χ3v) is 3.97. The third-order valence-electron chi connectivity index (χ3n) is 3.97. The number of aldehydes is 1. The molecule has 0 radical (unpaired) electrons. The quantitative estimate of drug-likeness (QED) is 0.425. The fourth-order valence-electron chi connectivity index (χ4n) is 2.75. The maximum absolute atomic E-state index is 11.0. The van der Waals surface area contributed by atoms with E-state index in [1.807, 2.05) is 6.08 Å². The minimum Gasteiger partial charge on any atom is -0.303 e. The summed E-state index contributed by atoms with van der Waals surface area (Å²) in [6.07, 6.45) is 8.41. The standard InChI is InChI=1S/C15H22O2/c1-11-5-7-13(9-10-16)15(3,4)14(11)8-6-12(2)17/h5-6,8,10,13-14H,7,9H2,1-4H3/b8-6+. The van der Waals surface area contributed by atoms with Crippen molar-refractivity contribution in [2.45, 2.75) is 40.5 Å². The fraction of sp³-hybridized carbons (Fsp3) is 0.600. The van der Waals surface area contributed by atoms with E-state index in [9.17, 15) is 9.59 Å². The zero-order valence-corrected chi connectivity index (χ0v) is 11.2. The Morgan fingerprint density at radius 2 is 2.18 bits per heavy atom. The molecule has 17 heavy (non-hydrogen) atoms. The highest BCUT2D eigenvalue weighted by molar-refractivity contribution is 5.87. The largest absolute Gasteiger partial charge is 0.303 e. The van der Waals surface area contributed by atoms with Gasteiger partial charge in [0.15, 0.2) is 5.78 Å². The molecule has 2 unspecified atom stereocenters. The molecule has 2 nitrogen and oxygen atoms in total. The van der Waals surface area contributed by atoms with Crippen LogP contribution in [-0.4, -0.2) is 12.1 Å². The van der Waals surface area contributed by atoms with Crippen molar-refractivity contribution in [3.63, 3.8) is 0 Å². The van der Waals surface area contributed by atoms with Crippen molar-refractivity contribution in [3.05, 3.63) is 23.8 Å². The van der Waals surface area contributed by atoms with E-state index in [-0.39, 0.29) is 17.1 Å². The SMILES string of the molecule is CC(=O)/C=C/C1C(C)=CCC(CC=O)C1(C)C. The zero-order chi connectivity index (χ0) is 13.1. The fourth-order valence-corrected chi connectivity index (χ4v) is 2.75. The third kappa shape index (κ3) is 3.15. The molecular formula is C15H22O2. The van der Waals surface area contributed by atoms with Gasteiger partial charge in [-0.25, -0.2) is 0 Å². The monoisotopic (exact) mass is 234 g/mol. The molecule has 0 bridgehead atoms. The molecule has 1 aliphatic carbocycles. The first-order valence-electron chi connectivity index (χ1n) is 6.18. The van der Waals surface area contributed by atoms with Crippen molar-refractivity contribution < 1.29 is 9.59 Å². The molecule has 0 amide bonds. The van der Waals surface area contributed by atoms with Gasteiger partial charge in [0.25, 0.3) is 0 Å². The summed E-state index contributed by atoms with van der Waals surface area (Å²) in [7, 11) is 0. The van der Waals surface area contributed by atoms with Crippen LogP contribution in [-0.2, 0) is 9.59 Å². The van der Waals surface area contributed by atoms with Gasteiger partial charge >= 0.3 is 0 Å². The summed E-state index contributed by atoms with van der Waals surface area (Å²) in [5.41, 5.74) is 1.33. The highest BCUT2D eigenvalue weighted by atomic mass is 16.1. The van der Waals surface area contributed by atoms with Gasteiger partial charge in [0.05, 0.1) is 0 Å². The number of ketones is 1. The minimum absolute atomic E-state index is 0.0334. The van der Waals surface area contributed by atoms with Crippen molar-refractivity contribution in [2.24, 2.45) is 17.3 Å². The maximum atomic E-state index is 11.0. The lowest BCUT2D eigenvalue weighted by Crippen LogP contribution is -2.35. The van der Waals surface area contributed by atoms with Crippen LogP contribution < -0.4 is 0 Å². The molecule has 1 aliphatic rings. The number of allylic oxidation sites excluding steroid dienone is 4. The Balaban J connectivity index is 2.99. The van der Waals surface area contributed by atoms with Crippen molar-refractivity contribution in [3.8, 4) is 0 Å². The highest BCUT2D eigenvalue weighted by Gasteiger charge is 2.38. The van der Waals surface area contributed by atoms with Crippen molar-refractivity contribution in [1.29, 1.82) is 0 Å². The molecule has 0 saturated heterocycles. The van der Waals surface area contributed by atoms with Crippen molar-refractivity contribution in [1.82, 2.24) is 0 Å². The van der Waals surface area contributed by atoms with E-state index in [2.05, 4.69) is 26.8 Å². The van der Waals surface area contributed by atoms with Gasteiger partial charge in [-0.3, -0.25) is 4.79 Å². The number of hydrogen-bond donors (Lipinski definition) is 0. The van der Waals surface area contributed by atoms with Crippen LogP contribution in [0.2, 0.25) is 0 Å². The Morgan fingerprint density at radius 1 is 1.53 bits per heavy atom. The number of rotatable bonds is 4. The zero-order valence-electron chi connectivity index (χ0n) is 11.2. The summed E-state index contributed by atoms with van der Waals surface area (Å²) in [5.74, 6) is 0.696. The van der Waals surface area contributed by atoms with E-state index < -0.39 is 0 Å². The molecule has 0 aromatic carbocycles. The Hall–Kier alpha value is -1.18. The van der Waals surface area contributed by atoms with Crippen molar-refractivity contribution >= 4 is 12.1 Å². The normalized spacial score (nSPS) is 27.9. The lowest BCUT2D eigenvalue weighted by atomic mass is 9.61. The first-order chi connectivity index (χ1) is 7.89. The number of carbonyl (C=O) groups is 2. The molecular weight excluding hydrogens is 212 g/mol. The van der Waals surface area contributed by atoms with Crippen LogP contribution in [0.15, 0.2) is 23.8 Å². The van der Waals surface area contributed by atoms with Crippen LogP contribution in [0.3, 0.4) is 0 Å². The van der Waals surface area contributed by atoms with Gasteiger partial charge in [0, 0.05) is 12.3 Å². The van der Waals surface area contributed by atoms with Gasteiger partial charge in [0.2, 0.25) is 0 Å². The van der Waals surface area contributed by atoms with Gasteiger partial charge < -0.3 is 4.79 Å². The molecule has 0 aromatic heterocycles. The summed E-state index contributed by atoms with van der Waals surface area (Å²) in [6, 6.07) is 0. The van der Waals surface area contributed by atoms with E-state index in [1.165, 1.54) is 5.57 Å². The molecule has 2 atom stereocenters. The minimum atomic E-state index is 0.0334. The Morgan fingerprint density at radius 3 is 2.71 bits per heavy atom. The number of carbonyl (C=O) groups excluding carboxylic acids is 2. The number of hydrogen-bond acceptors (Lipinski definition) is 2. The molecule has 0 N–H and O–H groups in total. The van der Waals surface area contributed by atoms with Gasteiger partial charge in [-0.1, -0.05) is 31.6 Å². The lowest BCUT2D eigenvalue weighted by molar-refractivity contribution is -0.113. The van der Waals surface area contributed by atoms with Crippen molar-refractivity contribution in [2.75, 3.05) is 0 Å². The van der Waals surface area contributed by atoms with E-state index in [0.717, 1.165) is 12.7 Å². The van der Waals surface area contributed by atoms with Crippen LogP contribution in [0.4, 0.5) is 0 Å². The molecule has 2 heteroatoms. The topological polar surface area (TPSA) is 34.1 Å². The van der Waals surface area contributed by atoms with E-state index in [1.54, 1.807) is 13.0 Å². The molecule has 0 aromatic rings. The van der Waals surface area contributed by atoms with E-state index in [4.69, 9.17) is 0 Å². The van der Waals surface area contributed by atoms with Crippen LogP contribution in [0.1, 0.15) is 40.5 Å². The summed E-state index contributed by atoms with van der Waals surface area (Å²) < 4.78 is 0. The van der Waals surface area contributed by atoms with Gasteiger partial charge in [-0.15, -0.1) is 0 Å². The van der Waals surface area contributed by atoms with Crippen LogP contribution in [0.25, 0.3) is 0 Å². The first-order valence-corrected chi connectivity index (χ1v) is 6.18. The second-order valence-electron chi connectivity index (χ2n) is 5.55. The van der Waals surface area contributed by atoms with Crippen LogP contribution >= 0.6 is 0 Å². The molecule has 0 heterocycles. The predicted octanol–water partition coefficient (Wildman–Crippen LogP) is 3.33. The summed E-state index contributed by atoms with van der Waals surface area (Å²) in [4.78, 5) is 21.8. The van der Waals surface area contributed by atoms with Gasteiger partial charge in [-0.2, -0.15) is 0 Å². The van der Waals surface area contributed by atoms with Gasteiger partial charge in [-0.05, 0) is 37.7 Å². The Labute approximate surface area is 104 Å². The van der Waals surface area contributed by atoms with Crippen LogP contribution in [0.5, 0.6) is 0 Å². The molecule has 0 spiro atoms. The smallest absolute Gasteiger partial charge is 0.152 e. The molecule has 94 valence electrons.